The minimum absolute atomic E-state index is 0.134. The van der Waals surface area contributed by atoms with Gasteiger partial charge in [0.15, 0.2) is 0 Å². The van der Waals surface area contributed by atoms with Gasteiger partial charge in [0.2, 0.25) is 0 Å². The zero-order chi connectivity index (χ0) is 14.4. The molecule has 0 spiro atoms. The zero-order valence-corrected chi connectivity index (χ0v) is 12.8. The summed E-state index contributed by atoms with van der Waals surface area (Å²) >= 11 is 0. The van der Waals surface area contributed by atoms with E-state index >= 15 is 0 Å². The molecule has 0 aromatic heterocycles. The van der Waals surface area contributed by atoms with Crippen molar-refractivity contribution < 1.29 is 5.11 Å². The average Bonchev–Trinajstić information content (AvgIpc) is 2.45. The van der Waals surface area contributed by atoms with Crippen LogP contribution in [0.2, 0.25) is 0 Å². The maximum Gasteiger partial charge on any atom is 0.0667 e. The summed E-state index contributed by atoms with van der Waals surface area (Å²) < 4.78 is 0. The lowest BCUT2D eigenvalue weighted by molar-refractivity contribution is 0.0599. The van der Waals surface area contributed by atoms with Crippen LogP contribution in [0.25, 0.3) is 0 Å². The number of aliphatic hydroxyl groups is 1. The number of rotatable bonds is 6. The van der Waals surface area contributed by atoms with Crippen molar-refractivity contribution in [1.82, 2.24) is 10.2 Å². The van der Waals surface area contributed by atoms with Crippen molar-refractivity contribution in [2.24, 2.45) is 5.92 Å². The highest BCUT2D eigenvalue weighted by atomic mass is 16.3. The van der Waals surface area contributed by atoms with Gasteiger partial charge >= 0.3 is 0 Å². The highest BCUT2D eigenvalue weighted by Crippen LogP contribution is 2.23. The molecule has 20 heavy (non-hydrogen) atoms. The van der Waals surface area contributed by atoms with Crippen LogP contribution in [0.4, 0.5) is 0 Å². The van der Waals surface area contributed by atoms with Crippen molar-refractivity contribution in [2.45, 2.75) is 38.8 Å². The number of likely N-dealkylation sites (tertiary alicyclic amines) is 1. The van der Waals surface area contributed by atoms with Gasteiger partial charge in [0.1, 0.15) is 0 Å². The molecular formula is C17H28N2O. The Morgan fingerprint density at radius 1 is 1.35 bits per heavy atom. The molecule has 3 nitrogen and oxygen atoms in total. The highest BCUT2D eigenvalue weighted by molar-refractivity contribution is 5.19. The third kappa shape index (κ3) is 4.30. The molecule has 3 unspecified atom stereocenters. The molecule has 112 valence electrons. The van der Waals surface area contributed by atoms with E-state index < -0.39 is 0 Å². The minimum atomic E-state index is -0.134. The van der Waals surface area contributed by atoms with Crippen molar-refractivity contribution in [3.63, 3.8) is 0 Å². The van der Waals surface area contributed by atoms with Gasteiger partial charge in [0, 0.05) is 19.1 Å². The van der Waals surface area contributed by atoms with E-state index in [2.05, 4.69) is 54.4 Å². The molecule has 1 aliphatic heterocycles. The fourth-order valence-electron chi connectivity index (χ4n) is 3.24. The summed E-state index contributed by atoms with van der Waals surface area (Å²) in [4.78, 5) is 2.41. The largest absolute Gasteiger partial charge is 0.392 e. The second-order valence-corrected chi connectivity index (χ2v) is 5.98. The molecule has 0 saturated carbocycles. The first-order valence-electron chi connectivity index (χ1n) is 7.89. The van der Waals surface area contributed by atoms with Crippen LogP contribution in [0, 0.1) is 5.92 Å². The van der Waals surface area contributed by atoms with Gasteiger partial charge < -0.3 is 15.3 Å². The molecule has 1 fully saturated rings. The average molecular weight is 276 g/mol. The molecule has 0 bridgehead atoms. The Morgan fingerprint density at radius 3 is 2.75 bits per heavy atom. The van der Waals surface area contributed by atoms with Crippen molar-refractivity contribution in [1.29, 1.82) is 0 Å². The van der Waals surface area contributed by atoms with Crippen LogP contribution in [0.15, 0.2) is 30.3 Å². The molecular weight excluding hydrogens is 248 g/mol. The molecule has 1 saturated heterocycles. The second-order valence-electron chi connectivity index (χ2n) is 5.98. The summed E-state index contributed by atoms with van der Waals surface area (Å²) in [6.07, 6.45) is 1.94. The van der Waals surface area contributed by atoms with Crippen LogP contribution in [0.3, 0.4) is 0 Å². The van der Waals surface area contributed by atoms with Crippen molar-refractivity contribution >= 4 is 0 Å². The summed E-state index contributed by atoms with van der Waals surface area (Å²) in [5.41, 5.74) is 1.36. The Kier molecular flexibility index (Phi) is 6.02. The molecule has 1 aliphatic rings. The first-order chi connectivity index (χ1) is 9.70. The van der Waals surface area contributed by atoms with E-state index in [0.29, 0.717) is 12.0 Å². The van der Waals surface area contributed by atoms with Crippen LogP contribution in [0.1, 0.15) is 38.3 Å². The van der Waals surface area contributed by atoms with E-state index in [-0.39, 0.29) is 6.10 Å². The molecule has 3 atom stereocenters. The Balaban J connectivity index is 1.98. The van der Waals surface area contributed by atoms with Crippen molar-refractivity contribution in [3.05, 3.63) is 35.9 Å². The predicted molar refractivity (Wildman–Crippen MR) is 83.7 cm³/mol. The van der Waals surface area contributed by atoms with E-state index in [4.69, 9.17) is 0 Å². The van der Waals surface area contributed by atoms with Crippen LogP contribution in [0.5, 0.6) is 0 Å². The van der Waals surface area contributed by atoms with Crippen LogP contribution in [-0.2, 0) is 0 Å². The summed E-state index contributed by atoms with van der Waals surface area (Å²) in [5.74, 6) is 0.530. The van der Waals surface area contributed by atoms with Gasteiger partial charge in [-0.15, -0.1) is 0 Å². The van der Waals surface area contributed by atoms with Crippen molar-refractivity contribution in [2.75, 3.05) is 26.2 Å². The minimum Gasteiger partial charge on any atom is -0.392 e. The molecule has 1 aromatic rings. The van der Waals surface area contributed by atoms with Gasteiger partial charge in [-0.25, -0.2) is 0 Å². The fourth-order valence-corrected chi connectivity index (χ4v) is 3.24. The highest BCUT2D eigenvalue weighted by Gasteiger charge is 2.24. The van der Waals surface area contributed by atoms with E-state index in [0.717, 1.165) is 39.0 Å². The number of nitrogens with one attached hydrogen (secondary N) is 1. The predicted octanol–water partition coefficient (Wildman–Crippen LogP) is 2.43. The van der Waals surface area contributed by atoms with Crippen molar-refractivity contribution in [3.8, 4) is 0 Å². The number of β-amino-alcohol motifs (C(OH)–C–C–N with tert-alkyl or cyclic N) is 1. The van der Waals surface area contributed by atoms with Gasteiger partial charge in [-0.2, -0.15) is 0 Å². The molecule has 1 heterocycles. The van der Waals surface area contributed by atoms with E-state index in [9.17, 15) is 5.11 Å². The molecule has 2 rings (SSSR count). The Bertz CT molecular complexity index is 382. The number of aliphatic hydroxyl groups excluding tert-OH is 1. The van der Waals surface area contributed by atoms with Gasteiger partial charge in [0.05, 0.1) is 6.10 Å². The summed E-state index contributed by atoms with van der Waals surface area (Å²) in [6, 6.07) is 11.1. The number of hydrogen-bond acceptors (Lipinski definition) is 3. The lowest BCUT2D eigenvalue weighted by Crippen LogP contribution is -2.42. The summed E-state index contributed by atoms with van der Waals surface area (Å²) in [7, 11) is 0. The van der Waals surface area contributed by atoms with Crippen LogP contribution >= 0.6 is 0 Å². The first-order valence-corrected chi connectivity index (χ1v) is 7.89. The maximum atomic E-state index is 9.79. The molecule has 3 heteroatoms. The number of piperidine rings is 1. The number of hydrogen-bond donors (Lipinski definition) is 2. The third-order valence-electron chi connectivity index (χ3n) is 4.18. The van der Waals surface area contributed by atoms with Gasteiger partial charge in [-0.05, 0) is 37.4 Å². The second kappa shape index (κ2) is 7.77. The molecule has 0 amide bonds. The monoisotopic (exact) mass is 276 g/mol. The normalized spacial score (nSPS) is 23.4. The van der Waals surface area contributed by atoms with Crippen LogP contribution < -0.4 is 5.32 Å². The van der Waals surface area contributed by atoms with E-state index in [1.807, 2.05) is 0 Å². The van der Waals surface area contributed by atoms with Gasteiger partial charge in [-0.1, -0.05) is 44.2 Å². The van der Waals surface area contributed by atoms with E-state index in [1.165, 1.54) is 5.56 Å². The number of nitrogens with zero attached hydrogens (tertiary/aromatic N) is 1. The first kappa shape index (κ1) is 15.5. The zero-order valence-electron chi connectivity index (χ0n) is 12.8. The molecule has 1 aromatic carbocycles. The van der Waals surface area contributed by atoms with Gasteiger partial charge in [-0.3, -0.25) is 0 Å². The summed E-state index contributed by atoms with van der Waals surface area (Å²) in [6.45, 7) is 8.44. The Labute approximate surface area is 123 Å². The lowest BCUT2D eigenvalue weighted by Gasteiger charge is -2.35. The fraction of sp³-hybridized carbons (Fsp3) is 0.647. The SMILES string of the molecule is CCNC(c1ccccc1)C(C)CN1CCCC(O)C1. The molecule has 0 radical (unpaired) electrons. The van der Waals surface area contributed by atoms with Crippen LogP contribution in [-0.4, -0.2) is 42.3 Å². The lowest BCUT2D eigenvalue weighted by atomic mass is 9.93. The maximum absolute atomic E-state index is 9.79. The van der Waals surface area contributed by atoms with Gasteiger partial charge in [0.25, 0.3) is 0 Å². The summed E-state index contributed by atoms with van der Waals surface area (Å²) in [5, 5.41) is 13.4. The number of benzene rings is 1. The Hall–Kier alpha value is -0.900. The molecule has 0 aliphatic carbocycles. The van der Waals surface area contributed by atoms with E-state index in [1.54, 1.807) is 0 Å². The standard InChI is InChI=1S/C17H28N2O/c1-3-18-17(15-8-5-4-6-9-15)14(2)12-19-11-7-10-16(20)13-19/h4-6,8-9,14,16-18,20H,3,7,10-13H2,1-2H3. The topological polar surface area (TPSA) is 35.5 Å². The Morgan fingerprint density at radius 2 is 2.10 bits per heavy atom. The quantitative estimate of drug-likeness (QED) is 0.837. The molecule has 2 N–H and O–H groups in total. The smallest absolute Gasteiger partial charge is 0.0667 e. The third-order valence-corrected chi connectivity index (χ3v) is 4.18.